The lowest BCUT2D eigenvalue weighted by Gasteiger charge is -2.31. The molecule has 1 atom stereocenters. The molecule has 24 heavy (non-hydrogen) atoms. The summed E-state index contributed by atoms with van der Waals surface area (Å²) in [5, 5.41) is 4.13. The van der Waals surface area contributed by atoms with Crippen LogP contribution in [0.4, 0.5) is 5.69 Å². The second-order valence-corrected chi connectivity index (χ2v) is 6.35. The SMILES string of the molecule is Cn1cc(N2CCC[C@H](Oc3ccc4c(c3)CCC4=O)C2=O)cn1. The second-order valence-electron chi connectivity index (χ2n) is 6.35. The third-order valence-corrected chi connectivity index (χ3v) is 4.67. The molecule has 2 aliphatic rings. The number of amides is 1. The molecule has 0 N–H and O–H groups in total. The highest BCUT2D eigenvalue weighted by molar-refractivity contribution is 6.00. The van der Waals surface area contributed by atoms with E-state index >= 15 is 0 Å². The van der Waals surface area contributed by atoms with Gasteiger partial charge in [0.25, 0.3) is 5.91 Å². The number of rotatable bonds is 3. The van der Waals surface area contributed by atoms with E-state index < -0.39 is 6.10 Å². The number of nitrogens with zero attached hydrogens (tertiary/aromatic N) is 3. The van der Waals surface area contributed by atoms with Crippen LogP contribution in [0.2, 0.25) is 0 Å². The van der Waals surface area contributed by atoms with Gasteiger partial charge in [-0.15, -0.1) is 0 Å². The average Bonchev–Trinajstić information content (AvgIpc) is 3.16. The molecule has 1 aromatic heterocycles. The number of ketones is 1. The Morgan fingerprint density at radius 1 is 1.25 bits per heavy atom. The van der Waals surface area contributed by atoms with E-state index in [0.29, 0.717) is 25.1 Å². The van der Waals surface area contributed by atoms with Crippen molar-refractivity contribution in [3.05, 3.63) is 41.7 Å². The van der Waals surface area contributed by atoms with E-state index in [1.165, 1.54) is 0 Å². The van der Waals surface area contributed by atoms with Gasteiger partial charge >= 0.3 is 0 Å². The number of fused-ring (bicyclic) bond motifs is 1. The summed E-state index contributed by atoms with van der Waals surface area (Å²) in [7, 11) is 1.83. The highest BCUT2D eigenvalue weighted by Crippen LogP contribution is 2.28. The first-order valence-corrected chi connectivity index (χ1v) is 8.24. The third kappa shape index (κ3) is 2.58. The summed E-state index contributed by atoms with van der Waals surface area (Å²) in [6.45, 7) is 0.684. The molecule has 1 saturated heterocycles. The van der Waals surface area contributed by atoms with E-state index in [4.69, 9.17) is 4.74 Å². The van der Waals surface area contributed by atoms with Crippen molar-refractivity contribution in [2.45, 2.75) is 31.8 Å². The van der Waals surface area contributed by atoms with Gasteiger partial charge in [-0.25, -0.2) is 0 Å². The first-order valence-electron chi connectivity index (χ1n) is 8.24. The number of aromatic nitrogens is 2. The summed E-state index contributed by atoms with van der Waals surface area (Å²) in [4.78, 5) is 26.2. The third-order valence-electron chi connectivity index (χ3n) is 4.67. The Hall–Kier alpha value is -2.63. The van der Waals surface area contributed by atoms with Crippen LogP contribution in [0, 0.1) is 0 Å². The molecule has 0 spiro atoms. The first kappa shape index (κ1) is 14.9. The monoisotopic (exact) mass is 325 g/mol. The maximum absolute atomic E-state index is 12.7. The van der Waals surface area contributed by atoms with Gasteiger partial charge < -0.3 is 9.64 Å². The van der Waals surface area contributed by atoms with Gasteiger partial charge in [0.1, 0.15) is 5.75 Å². The molecule has 0 bridgehead atoms. The van der Waals surface area contributed by atoms with Gasteiger partial charge in [-0.1, -0.05) is 0 Å². The Morgan fingerprint density at radius 3 is 2.92 bits per heavy atom. The highest BCUT2D eigenvalue weighted by atomic mass is 16.5. The largest absolute Gasteiger partial charge is 0.481 e. The minimum atomic E-state index is -0.492. The Labute approximate surface area is 140 Å². The van der Waals surface area contributed by atoms with Crippen LogP contribution in [0.15, 0.2) is 30.6 Å². The topological polar surface area (TPSA) is 64.4 Å². The molecule has 0 unspecified atom stereocenters. The van der Waals surface area contributed by atoms with E-state index in [2.05, 4.69) is 5.10 Å². The van der Waals surface area contributed by atoms with Crippen LogP contribution >= 0.6 is 0 Å². The van der Waals surface area contributed by atoms with Gasteiger partial charge in [0.2, 0.25) is 0 Å². The summed E-state index contributed by atoms with van der Waals surface area (Å²) in [5.74, 6) is 0.814. The molecule has 1 aliphatic heterocycles. The summed E-state index contributed by atoms with van der Waals surface area (Å²) in [6, 6.07) is 5.50. The van der Waals surface area contributed by atoms with Crippen molar-refractivity contribution < 1.29 is 14.3 Å². The molecule has 0 saturated carbocycles. The fraction of sp³-hybridized carbons (Fsp3) is 0.389. The fourth-order valence-electron chi connectivity index (χ4n) is 3.43. The fourth-order valence-corrected chi connectivity index (χ4v) is 3.43. The number of Topliss-reactive ketones (excluding diaryl/α,β-unsaturated/α-hetero) is 1. The maximum atomic E-state index is 12.7. The van der Waals surface area contributed by atoms with Crippen LogP contribution in [-0.4, -0.2) is 34.1 Å². The van der Waals surface area contributed by atoms with Gasteiger partial charge in [0.15, 0.2) is 11.9 Å². The van der Waals surface area contributed by atoms with Crippen molar-refractivity contribution in [2.24, 2.45) is 7.05 Å². The number of carbonyl (C=O) groups excluding carboxylic acids is 2. The molecular formula is C18H19N3O3. The molecule has 1 aromatic carbocycles. The molecule has 1 amide bonds. The van der Waals surface area contributed by atoms with Crippen LogP contribution < -0.4 is 9.64 Å². The number of piperidine rings is 1. The summed E-state index contributed by atoms with van der Waals surface area (Å²) < 4.78 is 7.64. The smallest absolute Gasteiger partial charge is 0.268 e. The minimum absolute atomic E-state index is 0.0363. The lowest BCUT2D eigenvalue weighted by atomic mass is 10.1. The van der Waals surface area contributed by atoms with Gasteiger partial charge in [-0.05, 0) is 43.0 Å². The molecule has 2 aromatic rings. The number of hydrogen-bond donors (Lipinski definition) is 0. The van der Waals surface area contributed by atoms with Crippen molar-refractivity contribution in [1.29, 1.82) is 0 Å². The highest BCUT2D eigenvalue weighted by Gasteiger charge is 2.32. The van der Waals surface area contributed by atoms with Gasteiger partial charge in [0, 0.05) is 31.8 Å². The van der Waals surface area contributed by atoms with Crippen molar-refractivity contribution >= 4 is 17.4 Å². The molecular weight excluding hydrogens is 306 g/mol. The number of ether oxygens (including phenoxy) is 1. The van der Waals surface area contributed by atoms with E-state index in [9.17, 15) is 9.59 Å². The lowest BCUT2D eigenvalue weighted by molar-refractivity contribution is -0.126. The number of benzene rings is 1. The average molecular weight is 325 g/mol. The standard InChI is InChI=1S/C18H19N3O3/c1-20-11-13(10-19-20)21-8-2-3-17(18(21)23)24-14-5-6-15-12(9-14)4-7-16(15)22/h5-6,9-11,17H,2-4,7-8H2,1H3/t17-/m0/s1. The van der Waals surface area contributed by atoms with Crippen molar-refractivity contribution in [3.63, 3.8) is 0 Å². The second kappa shape index (κ2) is 5.78. The molecule has 124 valence electrons. The Kier molecular flexibility index (Phi) is 3.59. The van der Waals surface area contributed by atoms with Crippen molar-refractivity contribution in [2.75, 3.05) is 11.4 Å². The zero-order valence-electron chi connectivity index (χ0n) is 13.6. The molecule has 6 nitrogen and oxygen atoms in total. The molecule has 4 rings (SSSR count). The van der Waals surface area contributed by atoms with E-state index in [-0.39, 0.29) is 11.7 Å². The van der Waals surface area contributed by atoms with Gasteiger partial charge in [-0.3, -0.25) is 14.3 Å². The van der Waals surface area contributed by atoms with Gasteiger partial charge in [0.05, 0.1) is 11.9 Å². The zero-order valence-corrected chi connectivity index (χ0v) is 13.6. The van der Waals surface area contributed by atoms with Crippen LogP contribution in [0.25, 0.3) is 0 Å². The predicted molar refractivity (Wildman–Crippen MR) is 88.3 cm³/mol. The quantitative estimate of drug-likeness (QED) is 0.867. The number of aryl methyl sites for hydroxylation is 2. The van der Waals surface area contributed by atoms with Crippen LogP contribution in [0.3, 0.4) is 0 Å². The molecule has 2 heterocycles. The Morgan fingerprint density at radius 2 is 2.12 bits per heavy atom. The van der Waals surface area contributed by atoms with Crippen molar-refractivity contribution in [3.8, 4) is 5.75 Å². The first-order chi connectivity index (χ1) is 11.6. The maximum Gasteiger partial charge on any atom is 0.268 e. The molecule has 1 aliphatic carbocycles. The normalized spacial score (nSPS) is 20.4. The summed E-state index contributed by atoms with van der Waals surface area (Å²) in [5.41, 5.74) is 2.61. The van der Waals surface area contributed by atoms with Crippen molar-refractivity contribution in [1.82, 2.24) is 9.78 Å². The zero-order chi connectivity index (χ0) is 16.7. The Bertz CT molecular complexity index is 812. The van der Waals surface area contributed by atoms with Crippen LogP contribution in [0.5, 0.6) is 5.75 Å². The van der Waals surface area contributed by atoms with Crippen LogP contribution in [0.1, 0.15) is 35.2 Å². The summed E-state index contributed by atoms with van der Waals surface area (Å²) in [6.07, 6.45) is 5.94. The number of carbonyl (C=O) groups is 2. The van der Waals surface area contributed by atoms with Gasteiger partial charge in [-0.2, -0.15) is 5.10 Å². The Balaban J connectivity index is 1.52. The molecule has 1 fully saturated rings. The van der Waals surface area contributed by atoms with Crippen LogP contribution in [-0.2, 0) is 18.3 Å². The molecule has 6 heteroatoms. The molecule has 0 radical (unpaired) electrons. The number of anilines is 1. The van der Waals surface area contributed by atoms with E-state index in [1.807, 2.05) is 25.4 Å². The summed E-state index contributed by atoms with van der Waals surface area (Å²) >= 11 is 0. The van der Waals surface area contributed by atoms with E-state index in [0.717, 1.165) is 29.7 Å². The predicted octanol–water partition coefficient (Wildman–Crippen LogP) is 2.12. The number of hydrogen-bond acceptors (Lipinski definition) is 4. The lowest BCUT2D eigenvalue weighted by Crippen LogP contribution is -2.46. The van der Waals surface area contributed by atoms with E-state index in [1.54, 1.807) is 21.8 Å². The minimum Gasteiger partial charge on any atom is -0.481 e.